The first-order valence-corrected chi connectivity index (χ1v) is 52.7. The molecule has 2 saturated carbocycles. The second kappa shape index (κ2) is 24.7. The fourth-order valence-corrected chi connectivity index (χ4v) is 35.4. The molecule has 146 heavy (non-hydrogen) atoms. The lowest BCUT2D eigenvalue weighted by molar-refractivity contribution is -0.168. The highest BCUT2D eigenvalue weighted by Crippen LogP contribution is 2.90. The first-order chi connectivity index (χ1) is 70.9. The molecule has 0 bridgehead atoms. The Kier molecular flexibility index (Phi) is 13.4. The molecule has 22 aromatic carbocycles. The maximum absolute atomic E-state index is 16.0. The van der Waals surface area contributed by atoms with E-state index in [2.05, 4.69) is 60.7 Å². The third-order valence-corrected chi connectivity index (χ3v) is 39.2. The quantitative estimate of drug-likeness (QED) is 0.0161. The van der Waals surface area contributed by atoms with E-state index in [0.717, 1.165) is 59.1 Å². The van der Waals surface area contributed by atoms with Gasteiger partial charge in [-0.15, -0.1) is 0 Å². The van der Waals surface area contributed by atoms with Gasteiger partial charge in [0.25, 0.3) is 0 Å². The third-order valence-electron chi connectivity index (χ3n) is 39.2. The van der Waals surface area contributed by atoms with Crippen molar-refractivity contribution in [3.63, 3.8) is 0 Å². The number of phenolic OH excluding ortho intramolecular Hbond substituents is 2. The molecule has 38 rings (SSSR count). The Morgan fingerprint density at radius 1 is 0.308 bits per heavy atom. The SMILES string of the molecule is CC(C)(C)OC(=O)Oc1ccc(CCCOC(=O)C2(C(=O)OCCCc3ccc(OC(=O)OC(C)(C)C)cc3)C3c4cc5c6c7c(cc8cc9c%10c%11c%12c%13c%14c%15c%16c(c%17c4c6c(c%17%14)c4c7c8c%10c%134)C32CC%16=CC(C=C%11C9)C%15%12)C5)cc1.O=C(OCCCc1ccc(O)cc1)C1(C(=O)OCCCc2ccc(O)cc2)C2c3cc4c5c6c(cc7cc8c9c%10c%11c%12c%13c%14c%15c(c%16c3c5c(c%16%13)c3c6c7c9c%123)C21CC%15=CC(C=C%10C8)C%14%11)C4. The lowest BCUT2D eigenvalue weighted by Gasteiger charge is -2.33. The van der Waals surface area contributed by atoms with E-state index in [1.807, 2.05) is 48.5 Å². The van der Waals surface area contributed by atoms with Crippen molar-refractivity contribution in [1.82, 2.24) is 0 Å². The van der Waals surface area contributed by atoms with Gasteiger partial charge in [-0.25, -0.2) is 9.59 Å². The van der Waals surface area contributed by atoms with Gasteiger partial charge in [0.05, 0.1) is 26.4 Å². The third kappa shape index (κ3) is 8.42. The zero-order valence-electron chi connectivity index (χ0n) is 80.8. The fraction of sp³-hybridized carbons (Fsp3) is 0.277. The maximum Gasteiger partial charge on any atom is 0.514 e. The molecule has 0 aromatic heterocycles. The average Bonchev–Trinajstić information content (AvgIpc) is 1.41. The van der Waals surface area contributed by atoms with Crippen LogP contribution in [0, 0.1) is 22.7 Å². The van der Waals surface area contributed by atoms with Gasteiger partial charge in [0.15, 0.2) is 10.8 Å². The highest BCUT2D eigenvalue weighted by Gasteiger charge is 2.92. The van der Waals surface area contributed by atoms with Gasteiger partial charge in [-0.05, 0) is 497 Å². The lowest BCUT2D eigenvalue weighted by atomic mass is 9.70. The van der Waals surface area contributed by atoms with Crippen LogP contribution >= 0.6 is 0 Å². The highest BCUT2D eigenvalue weighted by atomic mass is 16.7. The van der Waals surface area contributed by atoms with Gasteiger partial charge in [0, 0.05) is 46.3 Å². The summed E-state index contributed by atoms with van der Waals surface area (Å²) in [6, 6.07) is 43.9. The second-order valence-electron chi connectivity index (χ2n) is 48.1. The minimum absolute atomic E-state index is 0.110. The maximum atomic E-state index is 16.0. The Morgan fingerprint density at radius 2 is 0.596 bits per heavy atom. The number of phenols is 2. The number of ether oxygens (including phenoxy) is 8. The molecular formula is C130H88O16. The summed E-state index contributed by atoms with van der Waals surface area (Å²) in [5.74, 6) is -0.864. The summed E-state index contributed by atoms with van der Waals surface area (Å²) >= 11 is 0. The zero-order chi connectivity index (χ0) is 96.5. The van der Waals surface area contributed by atoms with Crippen LogP contribution in [-0.2, 0) is 110 Å². The molecule has 0 amide bonds. The van der Waals surface area contributed by atoms with Crippen molar-refractivity contribution < 1.29 is 76.9 Å². The van der Waals surface area contributed by atoms with Crippen LogP contribution in [0.15, 0.2) is 158 Å². The first kappa shape index (κ1) is 79.0. The fourth-order valence-electron chi connectivity index (χ4n) is 35.4. The van der Waals surface area contributed by atoms with Crippen molar-refractivity contribution >= 4 is 231 Å². The van der Waals surface area contributed by atoms with Gasteiger partial charge in [-0.1, -0.05) is 109 Å². The molecule has 16 aliphatic carbocycles. The van der Waals surface area contributed by atoms with Crippen molar-refractivity contribution in [2.45, 2.75) is 177 Å². The van der Waals surface area contributed by atoms with Gasteiger partial charge >= 0.3 is 36.2 Å². The van der Waals surface area contributed by atoms with Gasteiger partial charge in [-0.2, -0.15) is 0 Å². The number of esters is 4. The van der Waals surface area contributed by atoms with Crippen molar-refractivity contribution in [1.29, 1.82) is 0 Å². The smallest absolute Gasteiger partial charge is 0.508 e. The van der Waals surface area contributed by atoms with Gasteiger partial charge < -0.3 is 48.1 Å². The van der Waals surface area contributed by atoms with Crippen molar-refractivity contribution in [3.8, 4) is 23.0 Å². The Morgan fingerprint density at radius 3 is 0.945 bits per heavy atom. The number of aryl methyl sites for hydroxylation is 4. The van der Waals surface area contributed by atoms with E-state index in [9.17, 15) is 19.8 Å². The molecule has 0 aliphatic heterocycles. The molecule has 2 spiro atoms. The largest absolute Gasteiger partial charge is 0.514 e. The van der Waals surface area contributed by atoms with Crippen LogP contribution in [0.2, 0.25) is 0 Å². The minimum Gasteiger partial charge on any atom is -0.508 e. The van der Waals surface area contributed by atoms with Gasteiger partial charge in [-0.3, -0.25) is 19.2 Å². The van der Waals surface area contributed by atoms with Crippen LogP contribution in [0.5, 0.6) is 23.0 Å². The monoisotopic (exact) mass is 1900 g/mol. The van der Waals surface area contributed by atoms with E-state index in [0.29, 0.717) is 75.7 Å². The van der Waals surface area contributed by atoms with E-state index in [-0.39, 0.29) is 61.6 Å². The number of hydrogen-bond donors (Lipinski definition) is 2. The molecule has 0 saturated heterocycles. The van der Waals surface area contributed by atoms with Crippen molar-refractivity contribution in [2.75, 3.05) is 26.4 Å². The molecule has 22 aromatic rings. The Balaban J connectivity index is 0.000000121. The van der Waals surface area contributed by atoms with Crippen LogP contribution in [-0.4, -0.2) is 84.0 Å². The summed E-state index contributed by atoms with van der Waals surface area (Å²) in [5, 5.41) is 65.2. The molecular weight excluding hydrogens is 1820 g/mol. The van der Waals surface area contributed by atoms with Crippen molar-refractivity contribution in [2.24, 2.45) is 22.7 Å². The highest BCUT2D eigenvalue weighted by molar-refractivity contribution is 6.62. The first-order valence-electron chi connectivity index (χ1n) is 52.7. The summed E-state index contributed by atoms with van der Waals surface area (Å²) in [5.41, 5.74) is 27.9. The summed E-state index contributed by atoms with van der Waals surface area (Å²) < 4.78 is 47.7. The molecule has 16 nitrogen and oxygen atoms in total. The summed E-state index contributed by atoms with van der Waals surface area (Å²) in [6.45, 7) is 11.3. The number of allylic oxidation sites excluding steroid dienone is 8. The normalized spacial score (nSPS) is 22.2. The number of carbonyl (C=O) groups is 6. The number of carbonyl (C=O) groups excluding carboxylic acids is 6. The summed E-state index contributed by atoms with van der Waals surface area (Å²) in [4.78, 5) is 88.3. The predicted octanol–water partition coefficient (Wildman–Crippen LogP) is 27.1. The van der Waals surface area contributed by atoms with Crippen LogP contribution in [0.4, 0.5) is 9.59 Å². The number of benzene rings is 18. The predicted molar refractivity (Wildman–Crippen MR) is 563 cm³/mol. The Hall–Kier alpha value is -15.4. The van der Waals surface area contributed by atoms with Crippen LogP contribution < -0.4 is 9.47 Å². The van der Waals surface area contributed by atoms with Gasteiger partial charge in [0.1, 0.15) is 34.2 Å². The van der Waals surface area contributed by atoms with E-state index >= 15 is 19.2 Å². The molecule has 8 unspecified atom stereocenters. The number of rotatable bonds is 22. The minimum atomic E-state index is -1.63. The molecule has 2 N–H and O–H groups in total. The average molecular weight is 1910 g/mol. The number of fused-ring (bicyclic) bond motifs is 2. The molecule has 8 atom stereocenters. The molecule has 2 fully saturated rings. The van der Waals surface area contributed by atoms with Crippen LogP contribution in [0.1, 0.15) is 226 Å². The summed E-state index contributed by atoms with van der Waals surface area (Å²) in [7, 11) is 0. The number of aromatic hydroxyl groups is 2. The van der Waals surface area contributed by atoms with Crippen molar-refractivity contribution in [3.05, 3.63) is 280 Å². The zero-order valence-corrected chi connectivity index (χ0v) is 80.8. The standard InChI is InChI=1S/C70H52O10.C60H36O6/c1-67(2,3)79-65(73)77-38-15-11-29(12-16-38)9-7-19-75-63(71)70(64(72)76-20-8-10-30-13-17-39(18-14-30)78-66(74)80-68(4,5)6)62-40-27-36-25-33-23-34-22-31-21-32-24-35-26-37-28-69(62,70)61-47(37)52-46(35)51-42(32)41(31)49-45(34)50-43(33)44(36)53-48(40)60(61)59-57(52)55(51)54(49)56(50)58(53)59;61-32-9-5-23(6-10-32)3-1-13-65-57(63)60(58(64)66-14-2-4-24-7-11-33(62)12-8-24)56-34-21-30-19-27-17-28-16-25-15-26-18-29-20-31-22-59(56,60)55-41(31)46-40(29)45-36(26)35(25)43-39(28)44-37(27)38(30)47-42(34)54(55)53-51(46)49(45)48(43)50(44)52(47)53/h11-18,22-24,26-27,35,46,62H,7-10,19-21,25,28H2,1-6H3;5-12,16-18,20-21,29,40,56,61-62H,1-4,13-15,19,22H2. The van der Waals surface area contributed by atoms with E-state index in [4.69, 9.17) is 37.9 Å². The molecule has 16 aliphatic rings. The topological polar surface area (TPSA) is 217 Å². The Labute approximate surface area is 831 Å². The van der Waals surface area contributed by atoms with E-state index in [1.165, 1.54) is 278 Å². The second-order valence-corrected chi connectivity index (χ2v) is 48.1. The Bertz CT molecular complexity index is 10200. The molecule has 0 heterocycles. The molecule has 16 heteroatoms. The van der Waals surface area contributed by atoms with Crippen LogP contribution in [0.25, 0.3) is 195 Å². The van der Waals surface area contributed by atoms with Crippen LogP contribution in [0.3, 0.4) is 0 Å². The lowest BCUT2D eigenvalue weighted by Crippen LogP contribution is -2.37. The molecule has 0 radical (unpaired) electrons. The van der Waals surface area contributed by atoms with Gasteiger partial charge in [0.2, 0.25) is 0 Å². The number of hydrogen-bond acceptors (Lipinski definition) is 16. The van der Waals surface area contributed by atoms with E-state index < -0.39 is 80.9 Å². The molecule has 704 valence electrons. The van der Waals surface area contributed by atoms with E-state index in [1.54, 1.807) is 95.6 Å². The summed E-state index contributed by atoms with van der Waals surface area (Å²) in [6.07, 6.45) is 18.3.